The van der Waals surface area contributed by atoms with Crippen LogP contribution in [-0.4, -0.2) is 54.5 Å². The van der Waals surface area contributed by atoms with Crippen LogP contribution in [0.5, 0.6) is 0 Å². The lowest BCUT2D eigenvalue weighted by Crippen LogP contribution is -2.33. The topological polar surface area (TPSA) is 76.1 Å². The Morgan fingerprint density at radius 2 is 1.91 bits per heavy atom. The minimum atomic E-state index is -1.00. The molecule has 6 heteroatoms. The van der Waals surface area contributed by atoms with E-state index >= 15 is 0 Å². The van der Waals surface area contributed by atoms with Crippen molar-refractivity contribution in [3.8, 4) is 0 Å². The molecule has 1 aliphatic heterocycles. The molecule has 1 saturated heterocycles. The zero-order valence-electron chi connectivity index (χ0n) is 13.1. The highest BCUT2D eigenvalue weighted by Gasteiger charge is 2.19. The predicted octanol–water partition coefficient (Wildman–Crippen LogP) is 2.01. The van der Waals surface area contributed by atoms with Gasteiger partial charge in [0.2, 0.25) is 0 Å². The van der Waals surface area contributed by atoms with E-state index in [9.17, 15) is 9.59 Å². The molecule has 0 aromatic heterocycles. The summed E-state index contributed by atoms with van der Waals surface area (Å²) in [6.07, 6.45) is 2.99. The number of amides is 1. The van der Waals surface area contributed by atoms with Crippen molar-refractivity contribution in [3.63, 3.8) is 0 Å². The quantitative estimate of drug-likeness (QED) is 0.778. The second-order valence-corrected chi connectivity index (χ2v) is 5.14. The molecule has 0 spiro atoms. The zero-order valence-corrected chi connectivity index (χ0v) is 13.1. The van der Waals surface area contributed by atoms with E-state index in [-0.39, 0.29) is 12.2 Å². The number of ether oxygens (including phenoxy) is 2. The van der Waals surface area contributed by atoms with Gasteiger partial charge in [0.25, 0.3) is 5.91 Å². The molecular weight excluding hydrogens is 298 g/mol. The van der Waals surface area contributed by atoms with E-state index in [1.807, 2.05) is 6.92 Å². The summed E-state index contributed by atoms with van der Waals surface area (Å²) in [5.41, 5.74) is 1.31. The minimum Gasteiger partial charge on any atom is -0.478 e. The lowest BCUT2D eigenvalue weighted by Gasteiger charge is -2.22. The second-order valence-electron chi connectivity index (χ2n) is 5.14. The molecule has 0 radical (unpaired) electrons. The Morgan fingerprint density at radius 3 is 2.48 bits per heavy atom. The van der Waals surface area contributed by atoms with Gasteiger partial charge in [-0.2, -0.15) is 0 Å². The third kappa shape index (κ3) is 5.19. The molecule has 1 aromatic carbocycles. The fraction of sp³-hybridized carbons (Fsp3) is 0.412. The summed E-state index contributed by atoms with van der Waals surface area (Å²) in [6.45, 7) is 4.32. The van der Waals surface area contributed by atoms with Crippen LogP contribution < -0.4 is 0 Å². The molecule has 124 valence electrons. The average molecular weight is 319 g/mol. The van der Waals surface area contributed by atoms with Crippen molar-refractivity contribution in [3.05, 3.63) is 41.5 Å². The van der Waals surface area contributed by atoms with Crippen molar-refractivity contribution in [1.82, 2.24) is 4.90 Å². The number of hydrogen-bond donors (Lipinski definition) is 1. The average Bonchev–Trinajstić information content (AvgIpc) is 3.07. The van der Waals surface area contributed by atoms with E-state index in [2.05, 4.69) is 0 Å². The van der Waals surface area contributed by atoms with Gasteiger partial charge in [-0.05, 0) is 30.7 Å². The smallest absolute Gasteiger partial charge is 0.328 e. The molecule has 1 N–H and O–H groups in total. The number of carboxylic acid groups (broad SMARTS) is 1. The van der Waals surface area contributed by atoms with Crippen molar-refractivity contribution < 1.29 is 24.2 Å². The van der Waals surface area contributed by atoms with Gasteiger partial charge in [0.15, 0.2) is 6.29 Å². The van der Waals surface area contributed by atoms with Crippen LogP contribution in [0.2, 0.25) is 0 Å². The van der Waals surface area contributed by atoms with Gasteiger partial charge in [-0.3, -0.25) is 4.79 Å². The maximum absolute atomic E-state index is 12.5. The predicted molar refractivity (Wildman–Crippen MR) is 85.0 cm³/mol. The Labute approximate surface area is 135 Å². The van der Waals surface area contributed by atoms with Crippen LogP contribution in [0.15, 0.2) is 30.3 Å². The van der Waals surface area contributed by atoms with Gasteiger partial charge in [-0.25, -0.2) is 4.79 Å². The molecule has 0 aliphatic carbocycles. The van der Waals surface area contributed by atoms with Gasteiger partial charge in [0.1, 0.15) is 0 Å². The lowest BCUT2D eigenvalue weighted by molar-refractivity contribution is -0.131. The first kappa shape index (κ1) is 17.2. The molecule has 1 amide bonds. The van der Waals surface area contributed by atoms with E-state index in [1.165, 1.54) is 6.08 Å². The summed E-state index contributed by atoms with van der Waals surface area (Å²) in [7, 11) is 0. The monoisotopic (exact) mass is 319 g/mol. The van der Waals surface area contributed by atoms with E-state index in [4.69, 9.17) is 14.6 Å². The van der Waals surface area contributed by atoms with Gasteiger partial charge in [0, 0.05) is 31.1 Å². The third-order valence-corrected chi connectivity index (χ3v) is 3.57. The SMILES string of the molecule is CCN(CCC1OCCO1)C(=O)c1ccc(/C=C/C(=O)O)cc1. The fourth-order valence-electron chi connectivity index (χ4n) is 2.33. The van der Waals surface area contributed by atoms with Crippen LogP contribution in [0.1, 0.15) is 29.3 Å². The van der Waals surface area contributed by atoms with E-state index in [0.717, 1.165) is 11.6 Å². The summed E-state index contributed by atoms with van der Waals surface area (Å²) in [5.74, 6) is -1.06. The number of hydrogen-bond acceptors (Lipinski definition) is 4. The Kier molecular flexibility index (Phi) is 6.31. The molecule has 6 nitrogen and oxygen atoms in total. The molecule has 23 heavy (non-hydrogen) atoms. The highest BCUT2D eigenvalue weighted by molar-refractivity contribution is 5.94. The third-order valence-electron chi connectivity index (χ3n) is 3.57. The molecule has 0 saturated carbocycles. The first-order valence-electron chi connectivity index (χ1n) is 7.63. The maximum Gasteiger partial charge on any atom is 0.328 e. The second kappa shape index (κ2) is 8.45. The molecule has 1 heterocycles. The molecule has 0 bridgehead atoms. The Morgan fingerprint density at radius 1 is 1.26 bits per heavy atom. The Balaban J connectivity index is 1.94. The van der Waals surface area contributed by atoms with E-state index in [1.54, 1.807) is 29.2 Å². The maximum atomic E-state index is 12.5. The summed E-state index contributed by atoms with van der Waals surface area (Å²) in [4.78, 5) is 24.7. The van der Waals surface area contributed by atoms with Crippen molar-refractivity contribution in [1.29, 1.82) is 0 Å². The zero-order chi connectivity index (χ0) is 16.7. The lowest BCUT2D eigenvalue weighted by atomic mass is 10.1. The summed E-state index contributed by atoms with van der Waals surface area (Å²) in [5, 5.41) is 8.60. The number of carbonyl (C=O) groups excluding carboxylic acids is 1. The fourth-order valence-corrected chi connectivity index (χ4v) is 2.33. The number of nitrogens with zero attached hydrogens (tertiary/aromatic N) is 1. The van der Waals surface area contributed by atoms with Gasteiger partial charge < -0.3 is 19.5 Å². The van der Waals surface area contributed by atoms with Crippen LogP contribution >= 0.6 is 0 Å². The van der Waals surface area contributed by atoms with Crippen LogP contribution in [0.3, 0.4) is 0 Å². The number of carboxylic acids is 1. The summed E-state index contributed by atoms with van der Waals surface area (Å²) < 4.78 is 10.8. The Hall–Kier alpha value is -2.18. The number of carbonyl (C=O) groups is 2. The van der Waals surface area contributed by atoms with Crippen molar-refractivity contribution >= 4 is 18.0 Å². The van der Waals surface area contributed by atoms with Gasteiger partial charge in [-0.15, -0.1) is 0 Å². The molecule has 1 aromatic rings. The van der Waals surface area contributed by atoms with E-state index in [0.29, 0.717) is 38.3 Å². The highest BCUT2D eigenvalue weighted by Crippen LogP contribution is 2.12. The van der Waals surface area contributed by atoms with Crippen LogP contribution in [0.4, 0.5) is 0 Å². The van der Waals surface area contributed by atoms with Crippen LogP contribution in [-0.2, 0) is 14.3 Å². The van der Waals surface area contributed by atoms with Gasteiger partial charge >= 0.3 is 5.97 Å². The number of rotatable bonds is 7. The van der Waals surface area contributed by atoms with Crippen LogP contribution in [0.25, 0.3) is 6.08 Å². The summed E-state index contributed by atoms with van der Waals surface area (Å²) >= 11 is 0. The van der Waals surface area contributed by atoms with Gasteiger partial charge in [0.05, 0.1) is 13.2 Å². The molecule has 0 atom stereocenters. The summed E-state index contributed by atoms with van der Waals surface area (Å²) in [6, 6.07) is 6.86. The van der Waals surface area contributed by atoms with Crippen molar-refractivity contribution in [2.75, 3.05) is 26.3 Å². The van der Waals surface area contributed by atoms with Crippen molar-refractivity contribution in [2.24, 2.45) is 0 Å². The Bertz CT molecular complexity index is 561. The van der Waals surface area contributed by atoms with Crippen molar-refractivity contribution in [2.45, 2.75) is 19.6 Å². The van der Waals surface area contributed by atoms with E-state index < -0.39 is 5.97 Å². The first-order valence-corrected chi connectivity index (χ1v) is 7.63. The minimum absolute atomic E-state index is 0.0562. The molecule has 2 rings (SSSR count). The molecule has 1 aliphatic rings. The first-order chi connectivity index (χ1) is 11.1. The number of aliphatic carboxylic acids is 1. The largest absolute Gasteiger partial charge is 0.478 e. The molecular formula is C17H21NO5. The molecule has 1 fully saturated rings. The highest BCUT2D eigenvalue weighted by atomic mass is 16.7. The van der Waals surface area contributed by atoms with Gasteiger partial charge in [-0.1, -0.05) is 12.1 Å². The normalized spacial score (nSPS) is 15.2. The molecule has 0 unspecified atom stereocenters. The standard InChI is InChI=1S/C17H21NO5/c1-2-18(10-9-16-22-11-12-23-16)17(21)14-6-3-13(4-7-14)5-8-15(19)20/h3-8,16H,2,9-12H2,1H3,(H,19,20)/b8-5+. The number of benzene rings is 1. The van der Waals surface area contributed by atoms with Crippen LogP contribution in [0, 0.1) is 0 Å².